The fraction of sp³-hybridized carbons (Fsp3) is 0.211. The van der Waals surface area contributed by atoms with Crippen LogP contribution in [0.1, 0.15) is 6.42 Å². The van der Waals surface area contributed by atoms with Gasteiger partial charge in [0, 0.05) is 36.1 Å². The van der Waals surface area contributed by atoms with E-state index < -0.39 is 5.63 Å². The Morgan fingerprint density at radius 2 is 1.89 bits per heavy atom. The summed E-state index contributed by atoms with van der Waals surface area (Å²) in [6.45, 7) is 0. The highest BCUT2D eigenvalue weighted by Crippen LogP contribution is 2.18. The summed E-state index contributed by atoms with van der Waals surface area (Å²) in [5.41, 5.74) is 0.882. The number of hydrogen-bond acceptors (Lipinski definition) is 6. The van der Waals surface area contributed by atoms with Gasteiger partial charge in [0.1, 0.15) is 11.5 Å². The SMILES string of the molecule is COc1ccc(-[n+]2[nH]oc(=O)c2SCCC(=O)Nc2cccc(OC)c2)cc1. The Bertz CT molecular complexity index is 997. The number of carbonyl (C=O) groups excluding carboxylic acids is 1. The third-order valence-corrected chi connectivity index (χ3v) is 4.89. The third kappa shape index (κ3) is 4.74. The Morgan fingerprint density at radius 3 is 2.61 bits per heavy atom. The van der Waals surface area contributed by atoms with Gasteiger partial charge in [-0.3, -0.25) is 9.32 Å². The molecular formula is C19H20N3O5S+. The number of rotatable bonds is 8. The topological polar surface area (TPSA) is 97.4 Å². The van der Waals surface area contributed by atoms with Gasteiger partial charge >= 0.3 is 10.7 Å². The number of thioether (sulfide) groups is 1. The van der Waals surface area contributed by atoms with Gasteiger partial charge < -0.3 is 14.8 Å². The van der Waals surface area contributed by atoms with Gasteiger partial charge in [0.15, 0.2) is 0 Å². The summed E-state index contributed by atoms with van der Waals surface area (Å²) in [4.78, 5) is 24.2. The molecule has 28 heavy (non-hydrogen) atoms. The highest BCUT2D eigenvalue weighted by Gasteiger charge is 2.24. The summed E-state index contributed by atoms with van der Waals surface area (Å²) in [6, 6.07) is 14.3. The van der Waals surface area contributed by atoms with Crippen molar-refractivity contribution < 1.29 is 23.5 Å². The number of methoxy groups -OCH3 is 2. The van der Waals surface area contributed by atoms with Crippen LogP contribution in [0.15, 0.2) is 62.9 Å². The molecule has 0 unspecified atom stereocenters. The van der Waals surface area contributed by atoms with E-state index in [0.29, 0.717) is 28.0 Å². The number of benzene rings is 2. The van der Waals surface area contributed by atoms with Crippen molar-refractivity contribution in [2.75, 3.05) is 25.3 Å². The lowest BCUT2D eigenvalue weighted by Crippen LogP contribution is -2.36. The molecule has 0 bridgehead atoms. The minimum absolute atomic E-state index is 0.156. The second-order valence-corrected chi connectivity index (χ2v) is 6.78. The van der Waals surface area contributed by atoms with Crippen molar-refractivity contribution in [2.45, 2.75) is 11.4 Å². The molecule has 9 heteroatoms. The Morgan fingerprint density at radius 1 is 1.14 bits per heavy atom. The minimum atomic E-state index is -0.492. The van der Waals surface area contributed by atoms with Crippen LogP contribution in [-0.4, -0.2) is 31.2 Å². The summed E-state index contributed by atoms with van der Waals surface area (Å²) in [7, 11) is 3.15. The summed E-state index contributed by atoms with van der Waals surface area (Å²) < 4.78 is 16.7. The van der Waals surface area contributed by atoms with Crippen molar-refractivity contribution in [1.29, 1.82) is 0 Å². The van der Waals surface area contributed by atoms with Crippen molar-refractivity contribution in [2.24, 2.45) is 0 Å². The molecule has 2 N–H and O–H groups in total. The van der Waals surface area contributed by atoms with Crippen LogP contribution < -0.4 is 25.1 Å². The molecule has 3 rings (SSSR count). The van der Waals surface area contributed by atoms with E-state index >= 15 is 0 Å². The molecule has 0 fully saturated rings. The molecule has 0 radical (unpaired) electrons. The first-order valence-corrected chi connectivity index (χ1v) is 9.44. The van der Waals surface area contributed by atoms with Gasteiger partial charge in [0.25, 0.3) is 0 Å². The van der Waals surface area contributed by atoms with Gasteiger partial charge in [-0.2, -0.15) is 0 Å². The highest BCUT2D eigenvalue weighted by atomic mass is 32.2. The van der Waals surface area contributed by atoms with Crippen LogP contribution in [0, 0.1) is 0 Å². The molecular weight excluding hydrogens is 382 g/mol. The summed E-state index contributed by atoms with van der Waals surface area (Å²) >= 11 is 1.24. The van der Waals surface area contributed by atoms with Crippen molar-refractivity contribution >= 4 is 23.4 Å². The Labute approximate surface area is 165 Å². The lowest BCUT2D eigenvalue weighted by molar-refractivity contribution is -0.704. The molecule has 0 spiro atoms. The molecule has 0 aliphatic rings. The maximum absolute atomic E-state index is 12.2. The summed E-state index contributed by atoms with van der Waals surface area (Å²) in [5.74, 6) is 1.63. The first-order valence-electron chi connectivity index (χ1n) is 8.45. The lowest BCUT2D eigenvalue weighted by Gasteiger charge is -2.06. The lowest BCUT2D eigenvalue weighted by atomic mass is 10.3. The van der Waals surface area contributed by atoms with Gasteiger partial charge in [-0.15, -0.1) is 0 Å². The predicted octanol–water partition coefficient (Wildman–Crippen LogP) is 2.38. The van der Waals surface area contributed by atoms with Crippen molar-refractivity contribution in [1.82, 2.24) is 5.27 Å². The smallest absolute Gasteiger partial charge is 0.442 e. The maximum atomic E-state index is 12.2. The molecule has 1 aromatic heterocycles. The number of carbonyl (C=O) groups is 1. The third-order valence-electron chi connectivity index (χ3n) is 3.86. The van der Waals surface area contributed by atoms with Crippen molar-refractivity contribution in [3.8, 4) is 17.2 Å². The maximum Gasteiger partial charge on any atom is 0.442 e. The number of anilines is 1. The number of hydrogen-bond donors (Lipinski definition) is 2. The van der Waals surface area contributed by atoms with Crippen LogP contribution in [-0.2, 0) is 4.79 Å². The van der Waals surface area contributed by atoms with E-state index in [0.717, 1.165) is 5.69 Å². The molecule has 0 atom stereocenters. The van der Waals surface area contributed by atoms with Crippen LogP contribution in [0.2, 0.25) is 0 Å². The molecule has 8 nitrogen and oxygen atoms in total. The second-order valence-electron chi connectivity index (χ2n) is 5.70. The zero-order chi connectivity index (χ0) is 19.9. The monoisotopic (exact) mass is 402 g/mol. The fourth-order valence-corrected chi connectivity index (χ4v) is 3.37. The van der Waals surface area contributed by atoms with Crippen molar-refractivity contribution in [3.63, 3.8) is 0 Å². The number of nitrogens with one attached hydrogen (secondary N) is 2. The minimum Gasteiger partial charge on any atom is -0.497 e. The first-order chi connectivity index (χ1) is 13.6. The Hall–Kier alpha value is -3.20. The van der Waals surface area contributed by atoms with E-state index in [2.05, 4.69) is 10.6 Å². The zero-order valence-corrected chi connectivity index (χ0v) is 16.2. The molecule has 2 aromatic carbocycles. The number of amides is 1. The van der Waals surface area contributed by atoms with Gasteiger partial charge in [-0.1, -0.05) is 6.07 Å². The van der Waals surface area contributed by atoms with Crippen LogP contribution in [0.3, 0.4) is 0 Å². The first kappa shape index (κ1) is 19.6. The van der Waals surface area contributed by atoms with Crippen molar-refractivity contribution in [3.05, 3.63) is 59.0 Å². The standard InChI is InChI=1S/C19H19N3O5S/c1-25-15-8-6-14(7-9-15)22-18(19(24)27-21-22)28-11-10-17(23)20-13-4-3-5-16(12-13)26-2/h3-9,12H,10-11H2,1-2H3,(H-,20,21,23,24)/p+1. The molecule has 146 valence electrons. The number of nitrogens with zero attached hydrogens (tertiary/aromatic N) is 1. The molecule has 0 saturated heterocycles. The van der Waals surface area contributed by atoms with Crippen LogP contribution >= 0.6 is 11.8 Å². The van der Waals surface area contributed by atoms with E-state index in [9.17, 15) is 9.59 Å². The van der Waals surface area contributed by atoms with E-state index in [1.54, 1.807) is 62.8 Å². The largest absolute Gasteiger partial charge is 0.497 e. The summed E-state index contributed by atoms with van der Waals surface area (Å²) in [6.07, 6.45) is 0.231. The number of aromatic amines is 1. The van der Waals surface area contributed by atoms with Gasteiger partial charge in [0.05, 0.1) is 14.2 Å². The molecule has 0 saturated carbocycles. The number of H-pyrrole nitrogens is 1. The Kier molecular flexibility index (Phi) is 6.38. The van der Waals surface area contributed by atoms with Gasteiger partial charge in [0.2, 0.25) is 11.6 Å². The zero-order valence-electron chi connectivity index (χ0n) is 15.4. The van der Waals surface area contributed by atoms with E-state index in [1.807, 2.05) is 0 Å². The quantitative estimate of drug-likeness (QED) is 0.444. The Balaban J connectivity index is 1.60. The molecule has 1 amide bonds. The molecule has 1 heterocycles. The fourth-order valence-electron chi connectivity index (χ4n) is 2.45. The van der Waals surface area contributed by atoms with E-state index in [1.165, 1.54) is 16.4 Å². The van der Waals surface area contributed by atoms with Crippen LogP contribution in [0.4, 0.5) is 5.69 Å². The molecule has 0 aliphatic heterocycles. The van der Waals surface area contributed by atoms with Gasteiger partial charge in [-0.25, -0.2) is 4.79 Å². The predicted molar refractivity (Wildman–Crippen MR) is 104 cm³/mol. The number of ether oxygens (including phenoxy) is 2. The number of aromatic nitrogens is 2. The molecule has 0 aliphatic carbocycles. The molecule has 3 aromatic rings. The average Bonchev–Trinajstić information content (AvgIpc) is 3.08. The average molecular weight is 402 g/mol. The van der Waals surface area contributed by atoms with Gasteiger partial charge in [-0.05, 0) is 46.0 Å². The normalized spacial score (nSPS) is 10.5. The van der Waals surface area contributed by atoms with Crippen LogP contribution in [0.25, 0.3) is 5.69 Å². The van der Waals surface area contributed by atoms with E-state index in [4.69, 9.17) is 14.0 Å². The second kappa shape index (κ2) is 9.14. The van der Waals surface area contributed by atoms with E-state index in [-0.39, 0.29) is 12.3 Å². The van der Waals surface area contributed by atoms with Crippen LogP contribution in [0.5, 0.6) is 11.5 Å². The summed E-state index contributed by atoms with van der Waals surface area (Å²) in [5, 5.41) is 5.74. The highest BCUT2D eigenvalue weighted by molar-refractivity contribution is 7.99.